The highest BCUT2D eigenvalue weighted by atomic mass is 16.4. The van der Waals surface area contributed by atoms with E-state index in [1.54, 1.807) is 6.92 Å². The SMILES string of the molecule is C[C@]1(CCc2ccccc2)NC(=O)N(CC(=O)O)C1=O. The highest BCUT2D eigenvalue weighted by Gasteiger charge is 2.47. The van der Waals surface area contributed by atoms with Crippen LogP contribution in [-0.4, -0.2) is 40.0 Å². The van der Waals surface area contributed by atoms with Crippen LogP contribution in [-0.2, 0) is 16.0 Å². The Hall–Kier alpha value is -2.37. The lowest BCUT2D eigenvalue weighted by Gasteiger charge is -2.21. The zero-order valence-corrected chi connectivity index (χ0v) is 11.1. The van der Waals surface area contributed by atoms with E-state index in [1.165, 1.54) is 0 Å². The minimum Gasteiger partial charge on any atom is -0.480 e. The van der Waals surface area contributed by atoms with Gasteiger partial charge in [0.25, 0.3) is 5.91 Å². The molecule has 0 spiro atoms. The van der Waals surface area contributed by atoms with E-state index in [-0.39, 0.29) is 0 Å². The van der Waals surface area contributed by atoms with E-state index in [0.717, 1.165) is 10.5 Å². The van der Waals surface area contributed by atoms with Crippen LogP contribution >= 0.6 is 0 Å². The van der Waals surface area contributed by atoms with Crippen molar-refractivity contribution in [1.29, 1.82) is 0 Å². The molecule has 0 bridgehead atoms. The number of urea groups is 1. The number of amides is 3. The summed E-state index contributed by atoms with van der Waals surface area (Å²) in [7, 11) is 0. The van der Waals surface area contributed by atoms with E-state index >= 15 is 0 Å². The molecule has 3 amide bonds. The maximum absolute atomic E-state index is 12.2. The van der Waals surface area contributed by atoms with Gasteiger partial charge in [0.15, 0.2) is 0 Å². The third-order valence-corrected chi connectivity index (χ3v) is 3.40. The topological polar surface area (TPSA) is 86.7 Å². The number of carboxylic acid groups (broad SMARTS) is 1. The van der Waals surface area contributed by atoms with Crippen LogP contribution in [0.25, 0.3) is 0 Å². The molecule has 1 aliphatic heterocycles. The fourth-order valence-corrected chi connectivity index (χ4v) is 2.23. The molecule has 20 heavy (non-hydrogen) atoms. The number of aryl methyl sites for hydroxylation is 1. The normalized spacial score (nSPS) is 21.9. The minimum absolute atomic E-state index is 0.428. The molecule has 0 aromatic heterocycles. The number of imide groups is 1. The monoisotopic (exact) mass is 276 g/mol. The van der Waals surface area contributed by atoms with Crippen LogP contribution in [0.5, 0.6) is 0 Å². The highest BCUT2D eigenvalue weighted by Crippen LogP contribution is 2.23. The smallest absolute Gasteiger partial charge is 0.325 e. The summed E-state index contributed by atoms with van der Waals surface area (Å²) in [6.45, 7) is 1.02. The highest BCUT2D eigenvalue weighted by molar-refractivity contribution is 6.08. The first-order valence-corrected chi connectivity index (χ1v) is 6.32. The molecule has 0 unspecified atom stereocenters. The quantitative estimate of drug-likeness (QED) is 0.786. The van der Waals surface area contributed by atoms with E-state index in [4.69, 9.17) is 5.11 Å². The van der Waals surface area contributed by atoms with E-state index in [0.29, 0.717) is 12.8 Å². The lowest BCUT2D eigenvalue weighted by Crippen LogP contribution is -2.44. The van der Waals surface area contributed by atoms with Gasteiger partial charge in [-0.05, 0) is 25.3 Å². The molecule has 1 atom stereocenters. The summed E-state index contributed by atoms with van der Waals surface area (Å²) in [5, 5.41) is 11.3. The van der Waals surface area contributed by atoms with Gasteiger partial charge in [-0.3, -0.25) is 14.5 Å². The van der Waals surface area contributed by atoms with Crippen molar-refractivity contribution in [3.05, 3.63) is 35.9 Å². The van der Waals surface area contributed by atoms with Crippen molar-refractivity contribution in [1.82, 2.24) is 10.2 Å². The predicted octanol–water partition coefficient (Wildman–Crippen LogP) is 1.01. The van der Waals surface area contributed by atoms with Crippen molar-refractivity contribution in [2.24, 2.45) is 0 Å². The van der Waals surface area contributed by atoms with E-state index in [1.807, 2.05) is 30.3 Å². The molecule has 1 aromatic carbocycles. The number of hydrogen-bond acceptors (Lipinski definition) is 3. The first-order valence-electron chi connectivity index (χ1n) is 6.32. The average Bonchev–Trinajstić information content (AvgIpc) is 2.62. The second-order valence-corrected chi connectivity index (χ2v) is 5.03. The zero-order valence-electron chi connectivity index (χ0n) is 11.1. The summed E-state index contributed by atoms with van der Waals surface area (Å²) < 4.78 is 0. The number of aliphatic carboxylic acids is 1. The van der Waals surface area contributed by atoms with Crippen molar-refractivity contribution in [2.75, 3.05) is 6.54 Å². The number of carbonyl (C=O) groups excluding carboxylic acids is 2. The van der Waals surface area contributed by atoms with Gasteiger partial charge in [0.2, 0.25) is 0 Å². The van der Waals surface area contributed by atoms with Gasteiger partial charge in [0, 0.05) is 0 Å². The molecule has 2 rings (SSSR count). The standard InChI is InChI=1S/C14H16N2O4/c1-14(8-7-10-5-3-2-4-6-10)12(19)16(9-11(17)18)13(20)15-14/h2-6H,7-9H2,1H3,(H,15,20)(H,17,18)/t14-/m1/s1. The minimum atomic E-state index is -1.21. The molecule has 0 saturated carbocycles. The van der Waals surface area contributed by atoms with E-state index in [2.05, 4.69) is 5.32 Å². The van der Waals surface area contributed by atoms with Crippen LogP contribution in [0.2, 0.25) is 0 Å². The largest absolute Gasteiger partial charge is 0.480 e. The number of rotatable bonds is 5. The van der Waals surface area contributed by atoms with Gasteiger partial charge in [-0.2, -0.15) is 0 Å². The van der Waals surface area contributed by atoms with Crippen LogP contribution in [0, 0.1) is 0 Å². The fourth-order valence-electron chi connectivity index (χ4n) is 2.23. The number of nitrogens with one attached hydrogen (secondary N) is 1. The average molecular weight is 276 g/mol. The van der Waals surface area contributed by atoms with Gasteiger partial charge >= 0.3 is 12.0 Å². The van der Waals surface area contributed by atoms with Crippen molar-refractivity contribution in [2.45, 2.75) is 25.3 Å². The number of benzene rings is 1. The third-order valence-electron chi connectivity index (χ3n) is 3.40. The first kappa shape index (κ1) is 14.0. The van der Waals surface area contributed by atoms with Crippen molar-refractivity contribution < 1.29 is 19.5 Å². The molecule has 1 aliphatic rings. The van der Waals surface area contributed by atoms with Crippen LogP contribution < -0.4 is 5.32 Å². The van der Waals surface area contributed by atoms with Crippen molar-refractivity contribution >= 4 is 17.9 Å². The Bertz CT molecular complexity index is 543. The summed E-state index contributed by atoms with van der Waals surface area (Å²) in [5.41, 5.74) is 0.0232. The zero-order chi connectivity index (χ0) is 14.8. The van der Waals surface area contributed by atoms with Crippen LogP contribution in [0.15, 0.2) is 30.3 Å². The summed E-state index contributed by atoms with van der Waals surface area (Å²) >= 11 is 0. The Kier molecular flexibility index (Phi) is 3.74. The molecule has 0 radical (unpaired) electrons. The molecule has 0 aliphatic carbocycles. The molecule has 1 fully saturated rings. The van der Waals surface area contributed by atoms with Gasteiger partial charge in [0.05, 0.1) is 0 Å². The van der Waals surface area contributed by atoms with Crippen LogP contribution in [0.1, 0.15) is 18.9 Å². The molecule has 1 heterocycles. The Morgan fingerprint density at radius 2 is 1.95 bits per heavy atom. The summed E-state index contributed by atoms with van der Waals surface area (Å²) in [6.07, 6.45) is 1.06. The summed E-state index contributed by atoms with van der Waals surface area (Å²) in [6, 6.07) is 8.96. The maximum Gasteiger partial charge on any atom is 0.325 e. The number of hydrogen-bond donors (Lipinski definition) is 2. The molecule has 6 heteroatoms. The van der Waals surface area contributed by atoms with Gasteiger partial charge < -0.3 is 10.4 Å². The lowest BCUT2D eigenvalue weighted by atomic mass is 9.93. The third kappa shape index (κ3) is 2.79. The molecule has 2 N–H and O–H groups in total. The number of carbonyl (C=O) groups is 3. The molecule has 1 aromatic rings. The summed E-state index contributed by atoms with van der Waals surface area (Å²) in [5.74, 6) is -1.69. The van der Waals surface area contributed by atoms with E-state index < -0.39 is 30.0 Å². The molecule has 6 nitrogen and oxygen atoms in total. The van der Waals surface area contributed by atoms with Crippen molar-refractivity contribution in [3.63, 3.8) is 0 Å². The Morgan fingerprint density at radius 1 is 1.30 bits per heavy atom. The van der Waals surface area contributed by atoms with Gasteiger partial charge in [0.1, 0.15) is 12.1 Å². The maximum atomic E-state index is 12.2. The Morgan fingerprint density at radius 3 is 2.55 bits per heavy atom. The first-order chi connectivity index (χ1) is 9.42. The Labute approximate surface area is 116 Å². The Balaban J connectivity index is 2.05. The number of carboxylic acids is 1. The second-order valence-electron chi connectivity index (χ2n) is 5.03. The van der Waals surface area contributed by atoms with Crippen LogP contribution in [0.3, 0.4) is 0 Å². The molecular formula is C14H16N2O4. The van der Waals surface area contributed by atoms with E-state index in [9.17, 15) is 14.4 Å². The fraction of sp³-hybridized carbons (Fsp3) is 0.357. The van der Waals surface area contributed by atoms with Crippen molar-refractivity contribution in [3.8, 4) is 0 Å². The number of nitrogens with zero attached hydrogens (tertiary/aromatic N) is 1. The second kappa shape index (κ2) is 5.32. The lowest BCUT2D eigenvalue weighted by molar-refractivity contribution is -0.142. The predicted molar refractivity (Wildman–Crippen MR) is 71.0 cm³/mol. The van der Waals surface area contributed by atoms with Gasteiger partial charge in [-0.1, -0.05) is 30.3 Å². The van der Waals surface area contributed by atoms with Gasteiger partial charge in [-0.25, -0.2) is 4.79 Å². The molecule has 1 saturated heterocycles. The van der Waals surface area contributed by atoms with Crippen LogP contribution in [0.4, 0.5) is 4.79 Å². The molecule has 106 valence electrons. The molecular weight excluding hydrogens is 260 g/mol. The summed E-state index contributed by atoms with van der Waals surface area (Å²) in [4.78, 5) is 35.3. The van der Waals surface area contributed by atoms with Gasteiger partial charge in [-0.15, -0.1) is 0 Å².